The van der Waals surface area contributed by atoms with Gasteiger partial charge in [-0.1, -0.05) is 43.7 Å². The Kier molecular flexibility index (Phi) is 3.63. The van der Waals surface area contributed by atoms with Crippen molar-refractivity contribution in [3.8, 4) is 0 Å². The maximum absolute atomic E-state index is 12.2. The molecule has 1 aliphatic rings. The third kappa shape index (κ3) is 2.14. The molecule has 1 fully saturated rings. The molecule has 1 N–H and O–H groups in total. The van der Waals surface area contributed by atoms with E-state index in [1.54, 1.807) is 0 Å². The summed E-state index contributed by atoms with van der Waals surface area (Å²) in [6, 6.07) is 9.57. The molecule has 0 bridgehead atoms. The number of carbonyl (C=O) groups is 1. The quantitative estimate of drug-likeness (QED) is 0.868. The van der Waals surface area contributed by atoms with E-state index in [2.05, 4.69) is 0 Å². The molecule has 1 aromatic carbocycles. The molecule has 0 unspecified atom stereocenters. The number of ketones is 1. The van der Waals surface area contributed by atoms with E-state index in [1.807, 2.05) is 37.3 Å². The van der Waals surface area contributed by atoms with Gasteiger partial charge in [0.05, 0.1) is 11.5 Å². The van der Waals surface area contributed by atoms with Gasteiger partial charge in [0.2, 0.25) is 0 Å². The summed E-state index contributed by atoms with van der Waals surface area (Å²) in [5, 5.41) is 10.5. The summed E-state index contributed by atoms with van der Waals surface area (Å²) in [5.41, 5.74) is 0.323. The van der Waals surface area contributed by atoms with Crippen molar-refractivity contribution >= 4 is 5.78 Å². The van der Waals surface area contributed by atoms with Crippen molar-refractivity contribution in [2.45, 2.75) is 45.1 Å². The molecule has 0 saturated heterocycles. The van der Waals surface area contributed by atoms with Gasteiger partial charge in [-0.05, 0) is 24.8 Å². The molecular weight excluding hydrogens is 212 g/mol. The predicted octanol–water partition coefficient (Wildman–Crippen LogP) is 3.26. The first-order valence-electron chi connectivity index (χ1n) is 6.47. The molecule has 17 heavy (non-hydrogen) atoms. The summed E-state index contributed by atoms with van der Waals surface area (Å²) < 4.78 is 0. The van der Waals surface area contributed by atoms with Crippen molar-refractivity contribution in [3.05, 3.63) is 35.9 Å². The van der Waals surface area contributed by atoms with Gasteiger partial charge in [0.25, 0.3) is 0 Å². The fraction of sp³-hybridized carbons (Fsp3) is 0.533. The number of carbonyl (C=O) groups excluding carboxylic acids is 1. The van der Waals surface area contributed by atoms with Crippen LogP contribution in [0.2, 0.25) is 0 Å². The van der Waals surface area contributed by atoms with Crippen LogP contribution in [0.5, 0.6) is 0 Å². The molecule has 0 radical (unpaired) electrons. The Morgan fingerprint density at radius 3 is 2.59 bits per heavy atom. The van der Waals surface area contributed by atoms with Crippen LogP contribution in [-0.4, -0.2) is 10.9 Å². The van der Waals surface area contributed by atoms with Crippen LogP contribution in [0.25, 0.3) is 0 Å². The van der Waals surface area contributed by atoms with E-state index in [-0.39, 0.29) is 5.78 Å². The Labute approximate surface area is 103 Å². The zero-order valence-electron chi connectivity index (χ0n) is 10.4. The van der Waals surface area contributed by atoms with Crippen LogP contribution >= 0.6 is 0 Å². The SMILES string of the molecule is CC[C@@]1([C@@H](O)c2ccccc2)CCCCC1=O. The topological polar surface area (TPSA) is 37.3 Å². The van der Waals surface area contributed by atoms with Crippen LogP contribution < -0.4 is 0 Å². The Morgan fingerprint density at radius 1 is 1.29 bits per heavy atom. The molecule has 2 nitrogen and oxygen atoms in total. The normalized spacial score (nSPS) is 26.8. The number of rotatable bonds is 3. The second kappa shape index (κ2) is 5.01. The van der Waals surface area contributed by atoms with Crippen molar-refractivity contribution in [2.24, 2.45) is 5.41 Å². The third-order valence-electron chi connectivity index (χ3n) is 4.10. The first-order valence-corrected chi connectivity index (χ1v) is 6.47. The van der Waals surface area contributed by atoms with Gasteiger partial charge in [0.15, 0.2) is 0 Å². The van der Waals surface area contributed by atoms with Crippen molar-refractivity contribution in [1.29, 1.82) is 0 Å². The minimum absolute atomic E-state index is 0.239. The molecule has 1 aliphatic carbocycles. The molecule has 0 aromatic heterocycles. The minimum Gasteiger partial charge on any atom is -0.387 e. The van der Waals surface area contributed by atoms with Crippen molar-refractivity contribution in [1.82, 2.24) is 0 Å². The number of hydrogen-bond donors (Lipinski definition) is 1. The van der Waals surface area contributed by atoms with Crippen LogP contribution in [0.1, 0.15) is 50.7 Å². The van der Waals surface area contributed by atoms with Gasteiger partial charge < -0.3 is 5.11 Å². The largest absolute Gasteiger partial charge is 0.387 e. The summed E-state index contributed by atoms with van der Waals surface area (Å²) >= 11 is 0. The van der Waals surface area contributed by atoms with Gasteiger partial charge in [-0.15, -0.1) is 0 Å². The van der Waals surface area contributed by atoms with E-state index >= 15 is 0 Å². The molecule has 2 atom stereocenters. The van der Waals surface area contributed by atoms with E-state index < -0.39 is 11.5 Å². The first-order chi connectivity index (χ1) is 8.20. The lowest BCUT2D eigenvalue weighted by Gasteiger charge is -2.39. The second-order valence-corrected chi connectivity index (χ2v) is 4.95. The van der Waals surface area contributed by atoms with E-state index in [0.717, 1.165) is 31.2 Å². The zero-order valence-corrected chi connectivity index (χ0v) is 10.4. The lowest BCUT2D eigenvalue weighted by molar-refractivity contribution is -0.140. The Morgan fingerprint density at radius 2 is 2.00 bits per heavy atom. The molecule has 1 aromatic rings. The van der Waals surface area contributed by atoms with Crippen molar-refractivity contribution in [2.75, 3.05) is 0 Å². The fourth-order valence-electron chi connectivity index (χ4n) is 2.93. The van der Waals surface area contributed by atoms with Gasteiger partial charge in [-0.2, -0.15) is 0 Å². The number of benzene rings is 1. The van der Waals surface area contributed by atoms with Gasteiger partial charge in [-0.3, -0.25) is 4.79 Å². The Hall–Kier alpha value is -1.15. The highest BCUT2D eigenvalue weighted by atomic mass is 16.3. The van der Waals surface area contributed by atoms with Crippen LogP contribution in [0.4, 0.5) is 0 Å². The Bertz CT molecular complexity index is 385. The zero-order chi connectivity index (χ0) is 12.3. The summed E-state index contributed by atoms with van der Waals surface area (Å²) in [4.78, 5) is 12.2. The molecule has 2 heteroatoms. The van der Waals surface area contributed by atoms with Gasteiger partial charge in [0.1, 0.15) is 5.78 Å². The van der Waals surface area contributed by atoms with Crippen LogP contribution in [0, 0.1) is 5.41 Å². The molecular formula is C15H20O2. The Balaban J connectivity index is 2.31. The van der Waals surface area contributed by atoms with Crippen LogP contribution in [-0.2, 0) is 4.79 Å². The van der Waals surface area contributed by atoms with E-state index in [0.29, 0.717) is 6.42 Å². The van der Waals surface area contributed by atoms with E-state index in [9.17, 15) is 9.90 Å². The lowest BCUT2D eigenvalue weighted by Crippen LogP contribution is -2.39. The minimum atomic E-state index is -0.651. The first kappa shape index (κ1) is 12.3. The summed E-state index contributed by atoms with van der Waals surface area (Å²) in [5.74, 6) is 0.239. The van der Waals surface area contributed by atoms with Crippen LogP contribution in [0.3, 0.4) is 0 Å². The summed E-state index contributed by atoms with van der Waals surface area (Å²) in [6.07, 6.45) is 3.53. The summed E-state index contributed by atoms with van der Waals surface area (Å²) in [7, 11) is 0. The molecule has 1 saturated carbocycles. The number of Topliss-reactive ketones (excluding diaryl/α,β-unsaturated/α-hetero) is 1. The molecule has 92 valence electrons. The van der Waals surface area contributed by atoms with Crippen molar-refractivity contribution in [3.63, 3.8) is 0 Å². The summed E-state index contributed by atoms with van der Waals surface area (Å²) in [6.45, 7) is 2.01. The monoisotopic (exact) mass is 232 g/mol. The number of aliphatic hydroxyl groups is 1. The van der Waals surface area contributed by atoms with Crippen molar-refractivity contribution < 1.29 is 9.90 Å². The number of aliphatic hydroxyl groups excluding tert-OH is 1. The second-order valence-electron chi connectivity index (χ2n) is 4.95. The third-order valence-corrected chi connectivity index (χ3v) is 4.10. The highest BCUT2D eigenvalue weighted by Gasteiger charge is 2.44. The van der Waals surface area contributed by atoms with Gasteiger partial charge in [-0.25, -0.2) is 0 Å². The fourth-order valence-corrected chi connectivity index (χ4v) is 2.93. The highest BCUT2D eigenvalue weighted by molar-refractivity contribution is 5.86. The van der Waals surface area contributed by atoms with E-state index in [1.165, 1.54) is 0 Å². The average Bonchev–Trinajstić information content (AvgIpc) is 2.40. The highest BCUT2D eigenvalue weighted by Crippen LogP contribution is 2.46. The van der Waals surface area contributed by atoms with Crippen LogP contribution in [0.15, 0.2) is 30.3 Å². The molecule has 2 rings (SSSR count). The average molecular weight is 232 g/mol. The lowest BCUT2D eigenvalue weighted by atomic mass is 9.66. The number of hydrogen-bond acceptors (Lipinski definition) is 2. The maximum Gasteiger partial charge on any atom is 0.141 e. The van der Waals surface area contributed by atoms with E-state index in [4.69, 9.17) is 0 Å². The van der Waals surface area contributed by atoms with Gasteiger partial charge >= 0.3 is 0 Å². The standard InChI is InChI=1S/C15H20O2/c1-2-15(11-7-6-10-13(15)16)14(17)12-8-4-3-5-9-12/h3-5,8-9,14,17H,2,6-7,10-11H2,1H3/t14-,15+/m0/s1. The smallest absolute Gasteiger partial charge is 0.141 e. The molecule has 0 amide bonds. The maximum atomic E-state index is 12.2. The predicted molar refractivity (Wildman–Crippen MR) is 67.6 cm³/mol. The van der Waals surface area contributed by atoms with Gasteiger partial charge in [0, 0.05) is 6.42 Å². The molecule has 0 aliphatic heterocycles. The molecule has 0 heterocycles. The molecule has 0 spiro atoms.